The molecule has 2 aromatic rings. The second-order valence-electron chi connectivity index (χ2n) is 5.97. The first-order chi connectivity index (χ1) is 14.0. The SMILES string of the molecule is C#CCOc1ccc(CCNC(=O)c2ccc(S(=O)(=O)NCCC#N)cc2)cc1. The van der Waals surface area contributed by atoms with Crippen molar-refractivity contribution in [2.75, 3.05) is 19.7 Å². The number of nitriles is 1. The largest absolute Gasteiger partial charge is 0.481 e. The number of rotatable bonds is 10. The molecular weight excluding hydrogens is 390 g/mol. The average Bonchev–Trinajstić information content (AvgIpc) is 2.73. The number of benzene rings is 2. The summed E-state index contributed by atoms with van der Waals surface area (Å²) >= 11 is 0. The minimum Gasteiger partial charge on any atom is -0.481 e. The molecule has 1 amide bonds. The molecule has 0 heterocycles. The third kappa shape index (κ3) is 6.96. The molecule has 0 atom stereocenters. The van der Waals surface area contributed by atoms with Gasteiger partial charge in [0.1, 0.15) is 12.4 Å². The normalized spacial score (nSPS) is 10.6. The van der Waals surface area contributed by atoms with Gasteiger partial charge < -0.3 is 10.1 Å². The first-order valence-electron chi connectivity index (χ1n) is 8.86. The highest BCUT2D eigenvalue weighted by Crippen LogP contribution is 2.13. The average molecular weight is 411 g/mol. The van der Waals surface area contributed by atoms with Crippen molar-refractivity contribution in [1.29, 1.82) is 5.26 Å². The number of carbonyl (C=O) groups is 1. The third-order valence-electron chi connectivity index (χ3n) is 3.90. The van der Waals surface area contributed by atoms with E-state index >= 15 is 0 Å². The van der Waals surface area contributed by atoms with Crippen LogP contribution in [-0.4, -0.2) is 34.0 Å². The summed E-state index contributed by atoms with van der Waals surface area (Å²) in [5.74, 6) is 2.79. The van der Waals surface area contributed by atoms with Gasteiger partial charge in [-0.2, -0.15) is 5.26 Å². The van der Waals surface area contributed by atoms with Gasteiger partial charge in [0.25, 0.3) is 5.91 Å². The van der Waals surface area contributed by atoms with Crippen LogP contribution < -0.4 is 14.8 Å². The number of carbonyl (C=O) groups excluding carboxylic acids is 1. The third-order valence-corrected chi connectivity index (χ3v) is 5.38. The van der Waals surface area contributed by atoms with Crippen molar-refractivity contribution in [3.63, 3.8) is 0 Å². The maximum Gasteiger partial charge on any atom is 0.251 e. The Morgan fingerprint density at radius 1 is 1.07 bits per heavy atom. The van der Waals surface area contributed by atoms with Gasteiger partial charge in [-0.05, 0) is 48.4 Å². The van der Waals surface area contributed by atoms with Crippen molar-refractivity contribution >= 4 is 15.9 Å². The van der Waals surface area contributed by atoms with Crippen molar-refractivity contribution in [1.82, 2.24) is 10.0 Å². The Bertz CT molecular complexity index is 1000. The van der Waals surface area contributed by atoms with E-state index in [0.29, 0.717) is 24.3 Å². The lowest BCUT2D eigenvalue weighted by molar-refractivity contribution is 0.0954. The maximum absolute atomic E-state index is 12.2. The number of amides is 1. The molecule has 0 saturated heterocycles. The van der Waals surface area contributed by atoms with E-state index in [0.717, 1.165) is 5.56 Å². The summed E-state index contributed by atoms with van der Waals surface area (Å²) in [7, 11) is -3.69. The van der Waals surface area contributed by atoms with E-state index < -0.39 is 10.0 Å². The van der Waals surface area contributed by atoms with Gasteiger partial charge in [-0.15, -0.1) is 6.42 Å². The van der Waals surface area contributed by atoms with Crippen molar-refractivity contribution in [2.45, 2.75) is 17.7 Å². The van der Waals surface area contributed by atoms with Crippen LogP contribution in [-0.2, 0) is 16.4 Å². The van der Waals surface area contributed by atoms with Crippen molar-refractivity contribution in [3.8, 4) is 24.2 Å². The number of terminal acetylenes is 1. The van der Waals surface area contributed by atoms with Crippen LogP contribution in [0.3, 0.4) is 0 Å². The topological polar surface area (TPSA) is 108 Å². The fourth-order valence-corrected chi connectivity index (χ4v) is 3.44. The summed E-state index contributed by atoms with van der Waals surface area (Å²) in [4.78, 5) is 12.3. The lowest BCUT2D eigenvalue weighted by Gasteiger charge is -2.08. The Balaban J connectivity index is 1.85. The van der Waals surface area contributed by atoms with Crippen LogP contribution in [0.5, 0.6) is 5.75 Å². The first-order valence-corrected chi connectivity index (χ1v) is 10.3. The van der Waals surface area contributed by atoms with Gasteiger partial charge in [0, 0.05) is 25.1 Å². The Hall–Kier alpha value is -3.33. The molecule has 150 valence electrons. The standard InChI is InChI=1S/C21H21N3O4S/c1-2-16-28-19-8-4-17(5-9-19)12-15-23-21(25)18-6-10-20(11-7-18)29(26,27)24-14-3-13-22/h1,4-11,24H,3,12,14-16H2,(H,23,25). The Labute approximate surface area is 170 Å². The molecule has 0 aromatic heterocycles. The number of sulfonamides is 1. The van der Waals surface area contributed by atoms with Gasteiger partial charge in [-0.25, -0.2) is 13.1 Å². The predicted octanol–water partition coefficient (Wildman–Crippen LogP) is 1.86. The van der Waals surface area contributed by atoms with Crippen LogP contribution in [0.1, 0.15) is 22.3 Å². The molecule has 0 saturated carbocycles. The highest BCUT2D eigenvalue weighted by atomic mass is 32.2. The van der Waals surface area contributed by atoms with Crippen molar-refractivity contribution < 1.29 is 17.9 Å². The summed E-state index contributed by atoms with van der Waals surface area (Å²) in [5.41, 5.74) is 1.39. The molecule has 0 spiro atoms. The molecular formula is C21H21N3O4S. The van der Waals surface area contributed by atoms with E-state index in [-0.39, 0.29) is 30.4 Å². The van der Waals surface area contributed by atoms with E-state index in [2.05, 4.69) is 16.0 Å². The second-order valence-corrected chi connectivity index (χ2v) is 7.74. The Kier molecular flexibility index (Phi) is 8.23. The van der Waals surface area contributed by atoms with Gasteiger partial charge in [0.05, 0.1) is 11.0 Å². The molecule has 0 unspecified atom stereocenters. The minimum atomic E-state index is -3.69. The van der Waals surface area contributed by atoms with Crippen LogP contribution in [0, 0.1) is 23.7 Å². The Morgan fingerprint density at radius 3 is 2.38 bits per heavy atom. The maximum atomic E-state index is 12.2. The molecule has 29 heavy (non-hydrogen) atoms. The molecule has 0 fully saturated rings. The zero-order valence-electron chi connectivity index (χ0n) is 15.7. The molecule has 2 N–H and O–H groups in total. The first kappa shape index (κ1) is 22.0. The highest BCUT2D eigenvalue weighted by Gasteiger charge is 2.14. The molecule has 7 nitrogen and oxygen atoms in total. The predicted molar refractivity (Wildman–Crippen MR) is 109 cm³/mol. The number of nitrogens with one attached hydrogen (secondary N) is 2. The van der Waals surface area contributed by atoms with E-state index in [9.17, 15) is 13.2 Å². The molecule has 0 aliphatic heterocycles. The summed E-state index contributed by atoms with van der Waals surface area (Å²) < 4.78 is 31.7. The minimum absolute atomic E-state index is 0.0398. The van der Waals surface area contributed by atoms with Gasteiger partial charge in [-0.3, -0.25) is 4.79 Å². The van der Waals surface area contributed by atoms with Crippen molar-refractivity contribution in [3.05, 3.63) is 59.7 Å². The fraction of sp³-hybridized carbons (Fsp3) is 0.238. The fourth-order valence-electron chi connectivity index (χ4n) is 2.41. The molecule has 8 heteroatoms. The zero-order chi connectivity index (χ0) is 21.1. The smallest absolute Gasteiger partial charge is 0.251 e. The quantitative estimate of drug-likeness (QED) is 0.458. The number of ether oxygens (including phenoxy) is 1. The Morgan fingerprint density at radius 2 is 1.76 bits per heavy atom. The molecule has 2 rings (SSSR count). The van der Waals surface area contributed by atoms with Crippen LogP contribution in [0.25, 0.3) is 0 Å². The summed E-state index contributed by atoms with van der Waals surface area (Å²) in [5, 5.41) is 11.3. The summed E-state index contributed by atoms with van der Waals surface area (Å²) in [6, 6.07) is 14.9. The van der Waals surface area contributed by atoms with Gasteiger partial charge >= 0.3 is 0 Å². The van der Waals surface area contributed by atoms with Gasteiger partial charge in [-0.1, -0.05) is 18.1 Å². The summed E-state index contributed by atoms with van der Waals surface area (Å²) in [6.07, 6.45) is 5.86. The van der Waals surface area contributed by atoms with Gasteiger partial charge in [0.15, 0.2) is 0 Å². The van der Waals surface area contributed by atoms with E-state index in [1.165, 1.54) is 24.3 Å². The molecule has 0 aliphatic carbocycles. The van der Waals surface area contributed by atoms with Crippen molar-refractivity contribution in [2.24, 2.45) is 0 Å². The van der Waals surface area contributed by atoms with Crippen LogP contribution >= 0.6 is 0 Å². The zero-order valence-corrected chi connectivity index (χ0v) is 16.5. The molecule has 0 aliphatic rings. The second kappa shape index (κ2) is 10.9. The van der Waals surface area contributed by atoms with Crippen LogP contribution in [0.2, 0.25) is 0 Å². The van der Waals surface area contributed by atoms with E-state index in [1.54, 1.807) is 0 Å². The van der Waals surface area contributed by atoms with Gasteiger partial charge in [0.2, 0.25) is 10.0 Å². The molecule has 2 aromatic carbocycles. The number of hydrogen-bond donors (Lipinski definition) is 2. The van der Waals surface area contributed by atoms with Crippen LogP contribution in [0.4, 0.5) is 0 Å². The number of hydrogen-bond acceptors (Lipinski definition) is 5. The highest BCUT2D eigenvalue weighted by molar-refractivity contribution is 7.89. The monoisotopic (exact) mass is 411 g/mol. The lowest BCUT2D eigenvalue weighted by Crippen LogP contribution is -2.26. The van der Waals surface area contributed by atoms with E-state index in [4.69, 9.17) is 16.4 Å². The number of nitrogens with zero attached hydrogens (tertiary/aromatic N) is 1. The lowest BCUT2D eigenvalue weighted by atomic mass is 10.1. The van der Waals surface area contributed by atoms with Crippen LogP contribution in [0.15, 0.2) is 53.4 Å². The summed E-state index contributed by atoms with van der Waals surface area (Å²) in [6.45, 7) is 0.683. The van der Waals surface area contributed by atoms with E-state index in [1.807, 2.05) is 30.3 Å². The molecule has 0 bridgehead atoms. The molecule has 0 radical (unpaired) electrons.